The third-order valence-corrected chi connectivity index (χ3v) is 3.01. The van der Waals surface area contributed by atoms with Crippen molar-refractivity contribution in [2.24, 2.45) is 12.0 Å². The zero-order valence-electron chi connectivity index (χ0n) is 8.88. The molecule has 1 aliphatic heterocycles. The molecule has 0 bridgehead atoms. The van der Waals surface area contributed by atoms with Gasteiger partial charge in [0.15, 0.2) is 4.80 Å². The van der Waals surface area contributed by atoms with Gasteiger partial charge in [0.05, 0.1) is 6.10 Å². The monoisotopic (exact) mass is 263 g/mol. The van der Waals surface area contributed by atoms with Crippen LogP contribution in [0.4, 0.5) is 0 Å². The molecular formula is C9H14ClN3O2S. The second-order valence-electron chi connectivity index (χ2n) is 3.39. The van der Waals surface area contributed by atoms with Gasteiger partial charge in [0.2, 0.25) is 0 Å². The van der Waals surface area contributed by atoms with Crippen LogP contribution in [0.5, 0.6) is 0 Å². The van der Waals surface area contributed by atoms with Gasteiger partial charge in [-0.2, -0.15) is 4.99 Å². The molecule has 90 valence electrons. The zero-order valence-corrected chi connectivity index (χ0v) is 10.5. The highest BCUT2D eigenvalue weighted by Crippen LogP contribution is 1.97. The van der Waals surface area contributed by atoms with Crippen LogP contribution in [0.2, 0.25) is 0 Å². The van der Waals surface area contributed by atoms with Crippen LogP contribution in [0, 0.1) is 0 Å². The number of halogens is 1. The van der Waals surface area contributed by atoms with E-state index in [1.807, 2.05) is 23.2 Å². The highest BCUT2D eigenvalue weighted by molar-refractivity contribution is 7.07. The Morgan fingerprint density at radius 3 is 3.00 bits per heavy atom. The van der Waals surface area contributed by atoms with E-state index >= 15 is 0 Å². The van der Waals surface area contributed by atoms with Gasteiger partial charge in [0.25, 0.3) is 5.91 Å². The lowest BCUT2D eigenvalue weighted by atomic mass is 10.2. The SMILES string of the molecule is Cl.Cn1ccsc1=NC(=O)COC1CNC1. The second kappa shape index (κ2) is 6.15. The van der Waals surface area contributed by atoms with Gasteiger partial charge in [-0.3, -0.25) is 4.79 Å². The molecular weight excluding hydrogens is 250 g/mol. The minimum Gasteiger partial charge on any atom is -0.366 e. The summed E-state index contributed by atoms with van der Waals surface area (Å²) >= 11 is 1.44. The van der Waals surface area contributed by atoms with E-state index in [-0.39, 0.29) is 31.0 Å². The quantitative estimate of drug-likeness (QED) is 0.830. The highest BCUT2D eigenvalue weighted by Gasteiger charge is 2.17. The molecule has 0 aromatic carbocycles. The van der Waals surface area contributed by atoms with Gasteiger partial charge in [0.1, 0.15) is 6.61 Å². The topological polar surface area (TPSA) is 55.6 Å². The van der Waals surface area contributed by atoms with Crippen LogP contribution in [0.15, 0.2) is 16.6 Å². The van der Waals surface area contributed by atoms with E-state index in [0.29, 0.717) is 4.80 Å². The number of rotatable bonds is 3. The van der Waals surface area contributed by atoms with Crippen molar-refractivity contribution in [3.8, 4) is 0 Å². The van der Waals surface area contributed by atoms with E-state index in [1.165, 1.54) is 11.3 Å². The maximum atomic E-state index is 11.4. The zero-order chi connectivity index (χ0) is 10.7. The largest absolute Gasteiger partial charge is 0.366 e. The molecule has 2 rings (SSSR count). The number of nitrogens with one attached hydrogen (secondary N) is 1. The molecule has 1 saturated heterocycles. The molecule has 1 aromatic rings. The van der Waals surface area contributed by atoms with E-state index in [2.05, 4.69) is 10.3 Å². The molecule has 0 atom stereocenters. The van der Waals surface area contributed by atoms with E-state index in [1.54, 1.807) is 0 Å². The molecule has 7 heteroatoms. The molecule has 0 saturated carbocycles. The summed E-state index contributed by atoms with van der Waals surface area (Å²) in [6, 6.07) is 0. The van der Waals surface area contributed by atoms with Crippen LogP contribution < -0.4 is 10.1 Å². The first-order chi connectivity index (χ1) is 7.25. The van der Waals surface area contributed by atoms with Crippen molar-refractivity contribution in [2.45, 2.75) is 6.10 Å². The van der Waals surface area contributed by atoms with Gasteiger partial charge in [-0.1, -0.05) is 0 Å². The number of carbonyl (C=O) groups excluding carboxylic acids is 1. The van der Waals surface area contributed by atoms with Crippen LogP contribution >= 0.6 is 23.7 Å². The minimum atomic E-state index is -0.222. The Labute approximate surface area is 104 Å². The van der Waals surface area contributed by atoms with Crippen LogP contribution in [0.25, 0.3) is 0 Å². The highest BCUT2D eigenvalue weighted by atomic mass is 35.5. The Morgan fingerprint density at radius 2 is 2.50 bits per heavy atom. The van der Waals surface area contributed by atoms with Crippen molar-refractivity contribution in [3.05, 3.63) is 16.4 Å². The van der Waals surface area contributed by atoms with Crippen LogP contribution in [0.1, 0.15) is 0 Å². The smallest absolute Gasteiger partial charge is 0.274 e. The molecule has 2 heterocycles. The molecule has 0 spiro atoms. The number of hydrogen-bond donors (Lipinski definition) is 1. The maximum absolute atomic E-state index is 11.4. The van der Waals surface area contributed by atoms with Gasteiger partial charge in [-0.15, -0.1) is 23.7 Å². The lowest BCUT2D eigenvalue weighted by Crippen LogP contribution is -2.49. The Hall–Kier alpha value is -0.690. The summed E-state index contributed by atoms with van der Waals surface area (Å²) in [6.07, 6.45) is 2.05. The van der Waals surface area contributed by atoms with Crippen molar-refractivity contribution in [1.82, 2.24) is 9.88 Å². The predicted octanol–water partition coefficient (Wildman–Crippen LogP) is -0.0759. The summed E-state index contributed by atoms with van der Waals surface area (Å²) in [7, 11) is 1.86. The number of aryl methyl sites for hydroxylation is 1. The molecule has 1 amide bonds. The summed E-state index contributed by atoms with van der Waals surface area (Å²) in [5.74, 6) is -0.222. The summed E-state index contributed by atoms with van der Waals surface area (Å²) in [6.45, 7) is 1.74. The first kappa shape index (κ1) is 13.4. The Morgan fingerprint density at radius 1 is 1.75 bits per heavy atom. The van der Waals surface area contributed by atoms with E-state index in [0.717, 1.165) is 13.1 Å². The van der Waals surface area contributed by atoms with Crippen LogP contribution in [-0.2, 0) is 16.6 Å². The normalized spacial score (nSPS) is 16.7. The fraction of sp³-hybridized carbons (Fsp3) is 0.556. The van der Waals surface area contributed by atoms with Crippen LogP contribution in [0.3, 0.4) is 0 Å². The van der Waals surface area contributed by atoms with E-state index in [4.69, 9.17) is 4.74 Å². The predicted molar refractivity (Wildman–Crippen MR) is 63.7 cm³/mol. The number of thiazole rings is 1. The molecule has 1 fully saturated rings. The summed E-state index contributed by atoms with van der Waals surface area (Å²) < 4.78 is 7.13. The number of amides is 1. The maximum Gasteiger partial charge on any atom is 0.274 e. The molecule has 1 aliphatic rings. The summed E-state index contributed by atoms with van der Waals surface area (Å²) in [5.41, 5.74) is 0. The van der Waals surface area contributed by atoms with Crippen molar-refractivity contribution in [1.29, 1.82) is 0 Å². The lowest BCUT2D eigenvalue weighted by Gasteiger charge is -2.26. The molecule has 0 unspecified atom stereocenters. The van der Waals surface area contributed by atoms with Gasteiger partial charge in [0, 0.05) is 31.7 Å². The second-order valence-corrected chi connectivity index (χ2v) is 4.27. The number of aromatic nitrogens is 1. The van der Waals surface area contributed by atoms with Gasteiger partial charge in [-0.05, 0) is 0 Å². The molecule has 1 aromatic heterocycles. The first-order valence-electron chi connectivity index (χ1n) is 4.76. The standard InChI is InChI=1S/C9H13N3O2S.ClH/c1-12-2-3-15-9(12)11-8(13)6-14-7-4-10-5-7;/h2-3,7,10H,4-6H2,1H3;1H. The van der Waals surface area contributed by atoms with Crippen LogP contribution in [-0.4, -0.2) is 36.3 Å². The summed E-state index contributed by atoms with van der Waals surface area (Å²) in [5, 5.41) is 4.96. The lowest BCUT2D eigenvalue weighted by molar-refractivity contribution is -0.125. The number of hydrogen-bond acceptors (Lipinski definition) is 4. The van der Waals surface area contributed by atoms with Gasteiger partial charge < -0.3 is 14.6 Å². The number of nitrogens with zero attached hydrogens (tertiary/aromatic N) is 2. The fourth-order valence-corrected chi connectivity index (χ4v) is 1.89. The minimum absolute atomic E-state index is 0. The van der Waals surface area contributed by atoms with Crippen molar-refractivity contribution >= 4 is 29.7 Å². The van der Waals surface area contributed by atoms with E-state index < -0.39 is 0 Å². The Kier molecular flexibility index (Phi) is 5.14. The van der Waals surface area contributed by atoms with Crippen molar-refractivity contribution < 1.29 is 9.53 Å². The fourth-order valence-electron chi connectivity index (χ4n) is 1.14. The molecule has 16 heavy (non-hydrogen) atoms. The van der Waals surface area contributed by atoms with Gasteiger partial charge >= 0.3 is 0 Å². The average Bonchev–Trinajstić information content (AvgIpc) is 2.49. The number of ether oxygens (including phenoxy) is 1. The molecule has 0 aliphatic carbocycles. The molecule has 1 N–H and O–H groups in total. The Balaban J connectivity index is 0.00000128. The average molecular weight is 264 g/mol. The van der Waals surface area contributed by atoms with Crippen molar-refractivity contribution in [3.63, 3.8) is 0 Å². The van der Waals surface area contributed by atoms with Crippen molar-refractivity contribution in [2.75, 3.05) is 19.7 Å². The first-order valence-corrected chi connectivity index (χ1v) is 5.63. The number of carbonyl (C=O) groups is 1. The molecule has 0 radical (unpaired) electrons. The third-order valence-electron chi connectivity index (χ3n) is 2.17. The summed E-state index contributed by atoms with van der Waals surface area (Å²) in [4.78, 5) is 16.0. The molecule has 5 nitrogen and oxygen atoms in total. The van der Waals surface area contributed by atoms with Gasteiger partial charge in [-0.25, -0.2) is 0 Å². The Bertz CT molecular complexity index is 411. The van der Waals surface area contributed by atoms with E-state index in [9.17, 15) is 4.79 Å². The third kappa shape index (κ3) is 3.41.